The van der Waals surface area contributed by atoms with Gasteiger partial charge in [-0.25, -0.2) is 0 Å². The van der Waals surface area contributed by atoms with Crippen molar-refractivity contribution in [1.29, 1.82) is 0 Å². The fourth-order valence-electron chi connectivity index (χ4n) is 2.10. The number of hydrogen-bond acceptors (Lipinski definition) is 3. The predicted molar refractivity (Wildman–Crippen MR) is 80.7 cm³/mol. The molecular formula is C15H22N4. The topological polar surface area (TPSA) is 33.1 Å². The second-order valence-electron chi connectivity index (χ2n) is 4.89. The minimum atomic E-state index is 0.797. The third-order valence-corrected chi connectivity index (χ3v) is 3.12. The van der Waals surface area contributed by atoms with Gasteiger partial charge in [-0.05, 0) is 38.1 Å². The molecule has 0 amide bonds. The third kappa shape index (κ3) is 3.28. The Morgan fingerprint density at radius 2 is 2.05 bits per heavy atom. The number of rotatable bonds is 5. The molecule has 0 unspecified atom stereocenters. The van der Waals surface area contributed by atoms with Crippen LogP contribution in [0.3, 0.4) is 0 Å². The van der Waals surface area contributed by atoms with Gasteiger partial charge in [-0.3, -0.25) is 4.68 Å². The molecule has 1 heterocycles. The van der Waals surface area contributed by atoms with Gasteiger partial charge in [0.2, 0.25) is 0 Å². The molecule has 1 aromatic carbocycles. The number of hydrogen-bond donors (Lipinski definition) is 1. The highest BCUT2D eigenvalue weighted by Crippen LogP contribution is 2.18. The number of aryl methyl sites for hydroxylation is 2. The van der Waals surface area contributed by atoms with E-state index in [0.29, 0.717) is 0 Å². The number of nitrogens with zero attached hydrogens (tertiary/aromatic N) is 3. The zero-order chi connectivity index (χ0) is 13.8. The molecule has 1 N–H and O–H groups in total. The lowest BCUT2D eigenvalue weighted by atomic mass is 10.2. The maximum atomic E-state index is 4.46. The zero-order valence-electron chi connectivity index (χ0n) is 12.1. The highest BCUT2D eigenvalue weighted by atomic mass is 15.3. The zero-order valence-corrected chi connectivity index (χ0v) is 12.1. The molecule has 0 bridgehead atoms. The molecule has 0 radical (unpaired) electrons. The van der Waals surface area contributed by atoms with Crippen molar-refractivity contribution in [3.05, 3.63) is 41.7 Å². The molecule has 1 aromatic heterocycles. The van der Waals surface area contributed by atoms with E-state index >= 15 is 0 Å². The summed E-state index contributed by atoms with van der Waals surface area (Å²) in [5.41, 5.74) is 4.62. The number of nitrogens with one attached hydrogen (secondary N) is 1. The van der Waals surface area contributed by atoms with E-state index in [0.717, 1.165) is 24.5 Å². The Labute approximate surface area is 115 Å². The monoisotopic (exact) mass is 258 g/mol. The standard InChI is InChI=1S/C15H22N4/c1-5-19-15(9-12(2)17-19)11-16-13-7-6-8-14(10-13)18(3)4/h6-10,16H,5,11H2,1-4H3. The van der Waals surface area contributed by atoms with E-state index in [1.165, 1.54) is 11.4 Å². The predicted octanol–water partition coefficient (Wildman–Crippen LogP) is 2.89. The number of benzene rings is 1. The molecule has 4 heteroatoms. The quantitative estimate of drug-likeness (QED) is 0.895. The van der Waals surface area contributed by atoms with Gasteiger partial charge in [0.15, 0.2) is 0 Å². The van der Waals surface area contributed by atoms with Crippen LogP contribution in [0.4, 0.5) is 11.4 Å². The minimum absolute atomic E-state index is 0.797. The van der Waals surface area contributed by atoms with Crippen molar-refractivity contribution in [3.8, 4) is 0 Å². The van der Waals surface area contributed by atoms with Gasteiger partial charge in [0.25, 0.3) is 0 Å². The Hall–Kier alpha value is -1.97. The fraction of sp³-hybridized carbons (Fsp3) is 0.400. The van der Waals surface area contributed by atoms with Crippen molar-refractivity contribution in [2.45, 2.75) is 26.9 Å². The fourth-order valence-corrected chi connectivity index (χ4v) is 2.10. The molecular weight excluding hydrogens is 236 g/mol. The van der Waals surface area contributed by atoms with Gasteiger partial charge >= 0.3 is 0 Å². The third-order valence-electron chi connectivity index (χ3n) is 3.12. The SMILES string of the molecule is CCn1nc(C)cc1CNc1cccc(N(C)C)c1. The summed E-state index contributed by atoms with van der Waals surface area (Å²) in [4.78, 5) is 2.10. The van der Waals surface area contributed by atoms with Crippen LogP contribution in [0, 0.1) is 6.92 Å². The van der Waals surface area contributed by atoms with Gasteiger partial charge in [0.1, 0.15) is 0 Å². The molecule has 2 aromatic rings. The molecule has 19 heavy (non-hydrogen) atoms. The Kier molecular flexibility index (Phi) is 4.10. The van der Waals surface area contributed by atoms with E-state index in [9.17, 15) is 0 Å². The summed E-state index contributed by atoms with van der Waals surface area (Å²) >= 11 is 0. The number of aromatic nitrogens is 2. The average molecular weight is 258 g/mol. The first-order chi connectivity index (χ1) is 9.10. The van der Waals surface area contributed by atoms with Crippen molar-refractivity contribution < 1.29 is 0 Å². The van der Waals surface area contributed by atoms with Crippen LogP contribution in [0.25, 0.3) is 0 Å². The molecule has 0 spiro atoms. The van der Waals surface area contributed by atoms with Crippen LogP contribution >= 0.6 is 0 Å². The van der Waals surface area contributed by atoms with E-state index in [4.69, 9.17) is 0 Å². The smallest absolute Gasteiger partial charge is 0.0597 e. The van der Waals surface area contributed by atoms with Crippen LogP contribution < -0.4 is 10.2 Å². The Morgan fingerprint density at radius 1 is 1.26 bits per heavy atom. The van der Waals surface area contributed by atoms with E-state index < -0.39 is 0 Å². The maximum Gasteiger partial charge on any atom is 0.0597 e. The van der Waals surface area contributed by atoms with Crippen LogP contribution in [0.15, 0.2) is 30.3 Å². The van der Waals surface area contributed by atoms with E-state index in [1.807, 2.05) is 11.6 Å². The lowest BCUT2D eigenvalue weighted by Gasteiger charge is -2.14. The minimum Gasteiger partial charge on any atom is -0.379 e. The summed E-state index contributed by atoms with van der Waals surface area (Å²) in [5.74, 6) is 0. The van der Waals surface area contributed by atoms with Crippen LogP contribution in [-0.2, 0) is 13.1 Å². The van der Waals surface area contributed by atoms with Gasteiger partial charge < -0.3 is 10.2 Å². The molecule has 2 rings (SSSR count). The van der Waals surface area contributed by atoms with Crippen molar-refractivity contribution in [2.75, 3.05) is 24.3 Å². The summed E-state index contributed by atoms with van der Waals surface area (Å²) in [6.45, 7) is 5.85. The second-order valence-corrected chi connectivity index (χ2v) is 4.89. The lowest BCUT2D eigenvalue weighted by molar-refractivity contribution is 0.623. The molecule has 4 nitrogen and oxygen atoms in total. The van der Waals surface area contributed by atoms with Crippen molar-refractivity contribution >= 4 is 11.4 Å². The lowest BCUT2D eigenvalue weighted by Crippen LogP contribution is -2.10. The van der Waals surface area contributed by atoms with Crippen LogP contribution in [0.1, 0.15) is 18.3 Å². The van der Waals surface area contributed by atoms with E-state index in [2.05, 4.69) is 66.7 Å². The van der Waals surface area contributed by atoms with E-state index in [-0.39, 0.29) is 0 Å². The molecule has 0 aliphatic rings. The van der Waals surface area contributed by atoms with Crippen LogP contribution in [0.2, 0.25) is 0 Å². The largest absolute Gasteiger partial charge is 0.379 e. The molecule has 0 aliphatic carbocycles. The molecule has 102 valence electrons. The summed E-state index contributed by atoms with van der Waals surface area (Å²) < 4.78 is 2.04. The molecule has 0 fully saturated rings. The first-order valence-electron chi connectivity index (χ1n) is 6.64. The summed E-state index contributed by atoms with van der Waals surface area (Å²) in [6, 6.07) is 10.5. The Balaban J connectivity index is 2.07. The molecule has 0 aliphatic heterocycles. The summed E-state index contributed by atoms with van der Waals surface area (Å²) in [6.07, 6.45) is 0. The Bertz CT molecular complexity index is 543. The molecule has 0 saturated heterocycles. The van der Waals surface area contributed by atoms with Crippen LogP contribution in [0.5, 0.6) is 0 Å². The van der Waals surface area contributed by atoms with Crippen molar-refractivity contribution in [2.24, 2.45) is 0 Å². The first kappa shape index (κ1) is 13.5. The first-order valence-corrected chi connectivity index (χ1v) is 6.64. The highest BCUT2D eigenvalue weighted by Gasteiger charge is 2.04. The summed E-state index contributed by atoms with van der Waals surface area (Å²) in [5, 5.41) is 7.91. The van der Waals surface area contributed by atoms with Gasteiger partial charge in [-0.15, -0.1) is 0 Å². The van der Waals surface area contributed by atoms with Gasteiger partial charge in [-0.2, -0.15) is 5.10 Å². The van der Waals surface area contributed by atoms with Gasteiger partial charge in [0.05, 0.1) is 17.9 Å². The van der Waals surface area contributed by atoms with Crippen LogP contribution in [-0.4, -0.2) is 23.9 Å². The molecule has 0 saturated carbocycles. The normalized spacial score (nSPS) is 10.5. The average Bonchev–Trinajstić information content (AvgIpc) is 2.77. The number of anilines is 2. The van der Waals surface area contributed by atoms with Gasteiger partial charge in [-0.1, -0.05) is 6.07 Å². The summed E-state index contributed by atoms with van der Waals surface area (Å²) in [7, 11) is 4.10. The van der Waals surface area contributed by atoms with Gasteiger partial charge in [0, 0.05) is 32.0 Å². The van der Waals surface area contributed by atoms with Crippen molar-refractivity contribution in [1.82, 2.24) is 9.78 Å². The molecule has 0 atom stereocenters. The van der Waals surface area contributed by atoms with E-state index in [1.54, 1.807) is 0 Å². The van der Waals surface area contributed by atoms with Crippen molar-refractivity contribution in [3.63, 3.8) is 0 Å². The Morgan fingerprint density at radius 3 is 2.74 bits per heavy atom. The highest BCUT2D eigenvalue weighted by molar-refractivity contribution is 5.57. The maximum absolute atomic E-state index is 4.46. The second kappa shape index (κ2) is 5.78.